The molecule has 8 heteroatoms. The molecule has 0 bridgehead atoms. The van der Waals surface area contributed by atoms with E-state index in [9.17, 15) is 14.4 Å². The molecule has 4 N–H and O–H groups in total. The zero-order valence-electron chi connectivity index (χ0n) is 16.5. The maximum absolute atomic E-state index is 12.7. The molecule has 4 rings (SSSR count). The van der Waals surface area contributed by atoms with Gasteiger partial charge >= 0.3 is 5.97 Å². The second-order valence-corrected chi connectivity index (χ2v) is 6.83. The third-order valence-corrected chi connectivity index (χ3v) is 4.56. The van der Waals surface area contributed by atoms with Crippen LogP contribution in [0.15, 0.2) is 48.5 Å². The van der Waals surface area contributed by atoms with Crippen LogP contribution in [0.5, 0.6) is 0 Å². The second kappa shape index (κ2) is 7.75. The Labute approximate surface area is 171 Å². The monoisotopic (exact) mass is 404 g/mol. The summed E-state index contributed by atoms with van der Waals surface area (Å²) < 4.78 is 5.00. The van der Waals surface area contributed by atoms with Crippen LogP contribution in [0.1, 0.15) is 34.8 Å². The highest BCUT2D eigenvalue weighted by molar-refractivity contribution is 6.07. The number of benzene rings is 2. The van der Waals surface area contributed by atoms with E-state index in [0.29, 0.717) is 29.4 Å². The first-order valence-electron chi connectivity index (χ1n) is 9.44. The summed E-state index contributed by atoms with van der Waals surface area (Å²) in [5, 5.41) is 7.17. The van der Waals surface area contributed by atoms with Crippen molar-refractivity contribution in [1.82, 2.24) is 9.97 Å². The summed E-state index contributed by atoms with van der Waals surface area (Å²) in [6.45, 7) is 3.49. The van der Waals surface area contributed by atoms with Crippen molar-refractivity contribution in [3.8, 4) is 0 Å². The smallest absolute Gasteiger partial charge is 0.354 e. The normalized spacial score (nSPS) is 10.9. The third kappa shape index (κ3) is 3.88. The quantitative estimate of drug-likeness (QED) is 0.376. The fraction of sp³-hybridized carbons (Fsp3) is 0.136. The minimum absolute atomic E-state index is 0.158. The van der Waals surface area contributed by atoms with Gasteiger partial charge in [0.1, 0.15) is 11.4 Å². The van der Waals surface area contributed by atoms with E-state index in [1.54, 1.807) is 55.5 Å². The first kappa shape index (κ1) is 19.3. The van der Waals surface area contributed by atoms with Crippen molar-refractivity contribution in [3.05, 3.63) is 59.9 Å². The van der Waals surface area contributed by atoms with Gasteiger partial charge in [-0.1, -0.05) is 0 Å². The molecule has 152 valence electrons. The molecule has 2 aromatic heterocycles. The summed E-state index contributed by atoms with van der Waals surface area (Å²) in [5.41, 5.74) is 3.57. The highest BCUT2D eigenvalue weighted by Gasteiger charge is 2.13. The van der Waals surface area contributed by atoms with Gasteiger partial charge in [0.05, 0.1) is 6.61 Å². The van der Waals surface area contributed by atoms with Gasteiger partial charge in [0.25, 0.3) is 5.91 Å². The number of fused-ring (bicyclic) bond motifs is 2. The van der Waals surface area contributed by atoms with Crippen LogP contribution in [0.2, 0.25) is 0 Å². The number of nitrogens with one attached hydrogen (secondary N) is 4. The molecule has 0 saturated carbocycles. The number of hydrogen-bond acceptors (Lipinski definition) is 4. The minimum atomic E-state index is -0.420. The van der Waals surface area contributed by atoms with Gasteiger partial charge in [-0.15, -0.1) is 0 Å². The van der Waals surface area contributed by atoms with Gasteiger partial charge < -0.3 is 25.3 Å². The van der Waals surface area contributed by atoms with E-state index in [1.165, 1.54) is 6.92 Å². The summed E-state index contributed by atoms with van der Waals surface area (Å²) in [7, 11) is 0. The molecule has 0 aliphatic carbocycles. The molecule has 30 heavy (non-hydrogen) atoms. The Kier molecular flexibility index (Phi) is 4.97. The number of esters is 1. The molecule has 8 nitrogen and oxygen atoms in total. The molecule has 0 radical (unpaired) electrons. The van der Waals surface area contributed by atoms with E-state index in [-0.39, 0.29) is 11.8 Å². The average molecular weight is 404 g/mol. The lowest BCUT2D eigenvalue weighted by Crippen LogP contribution is -2.11. The first-order chi connectivity index (χ1) is 14.4. The van der Waals surface area contributed by atoms with E-state index >= 15 is 0 Å². The number of carbonyl (C=O) groups is 3. The molecule has 0 aliphatic heterocycles. The number of carbonyl (C=O) groups excluding carboxylic acids is 3. The molecular formula is C22H20N4O4. The fourth-order valence-electron chi connectivity index (χ4n) is 3.26. The molecule has 0 saturated heterocycles. The Balaban J connectivity index is 1.54. The van der Waals surface area contributed by atoms with Crippen LogP contribution < -0.4 is 10.6 Å². The number of aromatic nitrogens is 2. The molecule has 2 aromatic carbocycles. The summed E-state index contributed by atoms with van der Waals surface area (Å²) >= 11 is 0. The lowest BCUT2D eigenvalue weighted by molar-refractivity contribution is -0.114. The van der Waals surface area contributed by atoms with Gasteiger partial charge in [-0.2, -0.15) is 0 Å². The van der Waals surface area contributed by atoms with Gasteiger partial charge in [0.2, 0.25) is 5.91 Å². The van der Waals surface area contributed by atoms with Crippen molar-refractivity contribution >= 4 is 51.0 Å². The molecule has 2 heterocycles. The lowest BCUT2D eigenvalue weighted by Gasteiger charge is -2.03. The van der Waals surface area contributed by atoms with Crippen LogP contribution in [0.3, 0.4) is 0 Å². The third-order valence-electron chi connectivity index (χ3n) is 4.56. The Morgan fingerprint density at radius 2 is 1.40 bits per heavy atom. The SMILES string of the molecule is CCOC(=O)c1cc2cc(NC(=O)c3cc4cc(NC(C)=O)ccc4[nH]3)ccc2[nH]1. The topological polar surface area (TPSA) is 116 Å². The minimum Gasteiger partial charge on any atom is -0.461 e. The zero-order valence-corrected chi connectivity index (χ0v) is 16.5. The van der Waals surface area contributed by atoms with Gasteiger partial charge in [-0.05, 0) is 55.5 Å². The number of amides is 2. The number of anilines is 2. The van der Waals surface area contributed by atoms with Gasteiger partial charge in [0, 0.05) is 40.1 Å². The van der Waals surface area contributed by atoms with E-state index in [1.807, 2.05) is 0 Å². The van der Waals surface area contributed by atoms with Gasteiger partial charge in [-0.25, -0.2) is 4.79 Å². The summed E-state index contributed by atoms with van der Waals surface area (Å²) in [6, 6.07) is 14.1. The van der Waals surface area contributed by atoms with E-state index in [4.69, 9.17) is 4.74 Å². The molecule has 0 atom stereocenters. The van der Waals surface area contributed by atoms with Crippen molar-refractivity contribution in [2.24, 2.45) is 0 Å². The van der Waals surface area contributed by atoms with Crippen LogP contribution in [-0.4, -0.2) is 34.4 Å². The molecule has 2 amide bonds. The number of ether oxygens (including phenoxy) is 1. The van der Waals surface area contributed by atoms with Crippen LogP contribution in [-0.2, 0) is 9.53 Å². The molecule has 0 spiro atoms. The van der Waals surface area contributed by atoms with E-state index in [2.05, 4.69) is 20.6 Å². The number of rotatable bonds is 5. The predicted molar refractivity (Wildman–Crippen MR) is 115 cm³/mol. The van der Waals surface area contributed by atoms with Crippen molar-refractivity contribution in [1.29, 1.82) is 0 Å². The van der Waals surface area contributed by atoms with Crippen LogP contribution >= 0.6 is 0 Å². The predicted octanol–water partition coefficient (Wildman–Crippen LogP) is 4.04. The number of hydrogen-bond donors (Lipinski definition) is 4. The number of aromatic amines is 2. The second-order valence-electron chi connectivity index (χ2n) is 6.83. The molecule has 0 unspecified atom stereocenters. The highest BCUT2D eigenvalue weighted by atomic mass is 16.5. The molecule has 0 fully saturated rings. The van der Waals surface area contributed by atoms with Gasteiger partial charge in [0.15, 0.2) is 0 Å². The van der Waals surface area contributed by atoms with Crippen molar-refractivity contribution in [2.75, 3.05) is 17.2 Å². The maximum Gasteiger partial charge on any atom is 0.354 e. The van der Waals surface area contributed by atoms with Crippen LogP contribution in [0.25, 0.3) is 21.8 Å². The van der Waals surface area contributed by atoms with Crippen molar-refractivity contribution in [2.45, 2.75) is 13.8 Å². The Morgan fingerprint density at radius 1 is 0.833 bits per heavy atom. The molecule has 4 aromatic rings. The lowest BCUT2D eigenvalue weighted by atomic mass is 10.2. The Hall–Kier alpha value is -4.07. The molecular weight excluding hydrogens is 384 g/mol. The molecule has 0 aliphatic rings. The average Bonchev–Trinajstić information content (AvgIpc) is 3.31. The van der Waals surface area contributed by atoms with Crippen molar-refractivity contribution < 1.29 is 19.1 Å². The highest BCUT2D eigenvalue weighted by Crippen LogP contribution is 2.23. The van der Waals surface area contributed by atoms with Gasteiger partial charge in [-0.3, -0.25) is 9.59 Å². The Morgan fingerprint density at radius 3 is 2.00 bits per heavy atom. The van der Waals surface area contributed by atoms with Crippen LogP contribution in [0.4, 0.5) is 11.4 Å². The first-order valence-corrected chi connectivity index (χ1v) is 9.44. The van der Waals surface area contributed by atoms with E-state index < -0.39 is 5.97 Å². The maximum atomic E-state index is 12.7. The van der Waals surface area contributed by atoms with E-state index in [0.717, 1.165) is 21.8 Å². The Bertz CT molecular complexity index is 1290. The largest absolute Gasteiger partial charge is 0.461 e. The summed E-state index contributed by atoms with van der Waals surface area (Å²) in [4.78, 5) is 41.9. The fourth-order valence-corrected chi connectivity index (χ4v) is 3.26. The zero-order chi connectivity index (χ0) is 21.3. The standard InChI is InChI=1S/C22H20N4O4/c1-3-30-22(29)20-11-14-9-16(5-7-18(14)26-20)24-21(28)19-10-13-8-15(23-12(2)27)4-6-17(13)25-19/h4-11,25-26H,3H2,1-2H3,(H,23,27)(H,24,28). The summed E-state index contributed by atoms with van der Waals surface area (Å²) in [6.07, 6.45) is 0. The van der Waals surface area contributed by atoms with Crippen molar-refractivity contribution in [3.63, 3.8) is 0 Å². The van der Waals surface area contributed by atoms with Crippen LogP contribution in [0, 0.1) is 0 Å². The number of H-pyrrole nitrogens is 2. The summed E-state index contributed by atoms with van der Waals surface area (Å²) in [5.74, 6) is -0.877.